The fraction of sp³-hybridized carbons (Fsp3) is 0.200. The number of aromatic hydroxyl groups is 1. The van der Waals surface area contributed by atoms with Crippen molar-refractivity contribution >= 4 is 21.6 Å². The van der Waals surface area contributed by atoms with E-state index in [1.807, 2.05) is 50.4 Å². The molecule has 2 aromatic heterocycles. The second kappa shape index (κ2) is 10.6. The Morgan fingerprint density at radius 3 is 2.48 bits per heavy atom. The Labute approximate surface area is 178 Å². The van der Waals surface area contributed by atoms with Crippen molar-refractivity contribution in [3.8, 4) is 29.2 Å². The van der Waals surface area contributed by atoms with Gasteiger partial charge >= 0.3 is 0 Å². The number of hydrogen-bond donors (Lipinski definition) is 1. The number of hydrogen-bond acceptors (Lipinski definition) is 3. The average Bonchev–Trinajstić information content (AvgIpc) is 3.05. The Balaban J connectivity index is 0.00000139. The van der Waals surface area contributed by atoms with Crippen LogP contribution in [0.3, 0.4) is 0 Å². The van der Waals surface area contributed by atoms with Gasteiger partial charge < -0.3 is 12.5 Å². The first-order valence-electron chi connectivity index (χ1n) is 7.47. The van der Waals surface area contributed by atoms with Gasteiger partial charge in [0.2, 0.25) is 0 Å². The SMILES string of the molecule is C#CCn1c(=O)c(-c2ccccc2C)c(O)c2sccc21.CC.[CH3-].[Y]. The van der Waals surface area contributed by atoms with E-state index in [1.54, 1.807) is 6.07 Å². The van der Waals surface area contributed by atoms with Gasteiger partial charge in [-0.25, -0.2) is 0 Å². The van der Waals surface area contributed by atoms with E-state index in [-0.39, 0.29) is 58.0 Å². The van der Waals surface area contributed by atoms with E-state index in [0.717, 1.165) is 11.1 Å². The molecule has 0 aliphatic heterocycles. The summed E-state index contributed by atoms with van der Waals surface area (Å²) in [5, 5.41) is 12.4. The van der Waals surface area contributed by atoms with Gasteiger partial charge in [0, 0.05) is 32.7 Å². The quantitative estimate of drug-likeness (QED) is 0.468. The summed E-state index contributed by atoms with van der Waals surface area (Å²) in [5.41, 5.74) is 2.41. The van der Waals surface area contributed by atoms with Crippen molar-refractivity contribution in [2.45, 2.75) is 27.3 Å². The summed E-state index contributed by atoms with van der Waals surface area (Å²) < 4.78 is 2.22. The van der Waals surface area contributed by atoms with Crippen molar-refractivity contribution in [1.29, 1.82) is 0 Å². The number of fused-ring (bicyclic) bond motifs is 1. The molecule has 1 N–H and O–H groups in total. The zero-order valence-corrected chi connectivity index (χ0v) is 18.7. The first-order valence-corrected chi connectivity index (χ1v) is 8.35. The molecule has 0 aliphatic rings. The van der Waals surface area contributed by atoms with Gasteiger partial charge in [-0.15, -0.1) is 17.8 Å². The standard InChI is InChI=1S/C17H13NO2S.C2H6.CH3.Y/c1-3-9-18-13-8-10-21-16(13)15(19)14(17(18)20)12-7-5-4-6-11(12)2;1-2;;/h1,4-8,10,19H,9H2,2H3;1-2H3;1H3;/q;;-1;. The topological polar surface area (TPSA) is 42.2 Å². The Morgan fingerprint density at radius 1 is 1.24 bits per heavy atom. The number of nitrogens with zero attached hydrogens (tertiary/aromatic N) is 1. The minimum Gasteiger partial charge on any atom is -0.506 e. The molecule has 0 atom stereocenters. The smallest absolute Gasteiger partial charge is 0.263 e. The van der Waals surface area contributed by atoms with Crippen LogP contribution in [0.1, 0.15) is 19.4 Å². The molecule has 1 aromatic carbocycles. The molecule has 25 heavy (non-hydrogen) atoms. The second-order valence-electron chi connectivity index (χ2n) is 4.77. The van der Waals surface area contributed by atoms with Crippen LogP contribution in [0.5, 0.6) is 5.75 Å². The van der Waals surface area contributed by atoms with Crippen molar-refractivity contribution in [3.63, 3.8) is 0 Å². The number of rotatable bonds is 2. The molecule has 0 saturated heterocycles. The maximum absolute atomic E-state index is 12.8. The maximum Gasteiger partial charge on any atom is 0.263 e. The molecule has 0 spiro atoms. The average molecular weight is 429 g/mol. The van der Waals surface area contributed by atoms with E-state index in [4.69, 9.17) is 6.42 Å². The van der Waals surface area contributed by atoms with Gasteiger partial charge in [0.15, 0.2) is 0 Å². The van der Waals surface area contributed by atoms with E-state index in [9.17, 15) is 9.90 Å². The number of aryl methyl sites for hydroxylation is 1. The summed E-state index contributed by atoms with van der Waals surface area (Å²) in [7, 11) is 0. The summed E-state index contributed by atoms with van der Waals surface area (Å²) in [6, 6.07) is 9.31. The Hall–Kier alpha value is -1.41. The third-order valence-corrected chi connectivity index (χ3v) is 4.42. The Kier molecular flexibility index (Phi) is 9.96. The molecule has 0 bridgehead atoms. The molecule has 1 radical (unpaired) electrons. The van der Waals surface area contributed by atoms with E-state index < -0.39 is 0 Å². The molecule has 0 fully saturated rings. The van der Waals surface area contributed by atoms with Gasteiger partial charge in [0.25, 0.3) is 5.56 Å². The van der Waals surface area contributed by atoms with Crippen LogP contribution >= 0.6 is 11.3 Å². The Morgan fingerprint density at radius 2 is 1.88 bits per heavy atom. The number of pyridine rings is 1. The van der Waals surface area contributed by atoms with Crippen molar-refractivity contribution in [2.75, 3.05) is 0 Å². The second-order valence-corrected chi connectivity index (χ2v) is 5.69. The fourth-order valence-corrected chi connectivity index (χ4v) is 3.34. The third-order valence-electron chi connectivity index (χ3n) is 3.51. The molecule has 129 valence electrons. The normalized spacial score (nSPS) is 9.20. The minimum absolute atomic E-state index is 0. The van der Waals surface area contributed by atoms with E-state index >= 15 is 0 Å². The molecular formula is C20H22NO2SY-. The number of benzene rings is 1. The monoisotopic (exact) mass is 429 g/mol. The number of thiophene rings is 1. The number of terminal acetylenes is 1. The zero-order valence-electron chi connectivity index (χ0n) is 15.0. The maximum atomic E-state index is 12.8. The van der Waals surface area contributed by atoms with E-state index in [1.165, 1.54) is 15.9 Å². The largest absolute Gasteiger partial charge is 0.506 e. The predicted molar refractivity (Wildman–Crippen MR) is 105 cm³/mol. The molecule has 5 heteroatoms. The van der Waals surface area contributed by atoms with Crippen LogP contribution < -0.4 is 5.56 Å². The van der Waals surface area contributed by atoms with Crippen LogP contribution in [0.25, 0.3) is 21.3 Å². The molecule has 3 nitrogen and oxygen atoms in total. The van der Waals surface area contributed by atoms with E-state index in [2.05, 4.69) is 5.92 Å². The van der Waals surface area contributed by atoms with Crippen LogP contribution in [0, 0.1) is 26.7 Å². The summed E-state index contributed by atoms with van der Waals surface area (Å²) >= 11 is 1.40. The minimum atomic E-state index is -0.259. The molecular weight excluding hydrogens is 407 g/mol. The molecule has 0 aliphatic carbocycles. The van der Waals surface area contributed by atoms with Gasteiger partial charge in [-0.05, 0) is 29.5 Å². The van der Waals surface area contributed by atoms with Crippen LogP contribution in [-0.4, -0.2) is 9.67 Å². The fourth-order valence-electron chi connectivity index (χ4n) is 2.50. The zero-order chi connectivity index (χ0) is 17.0. The summed E-state index contributed by atoms with van der Waals surface area (Å²) in [6.45, 7) is 6.10. The molecule has 2 heterocycles. The van der Waals surface area contributed by atoms with Crippen LogP contribution in [0.4, 0.5) is 0 Å². The van der Waals surface area contributed by atoms with Gasteiger partial charge in [-0.3, -0.25) is 9.36 Å². The predicted octanol–water partition coefficient (Wildman–Crippen LogP) is 4.85. The summed E-state index contributed by atoms with van der Waals surface area (Å²) in [6.07, 6.45) is 5.38. The first kappa shape index (κ1) is 23.6. The molecule has 0 unspecified atom stereocenters. The van der Waals surface area contributed by atoms with Crippen molar-refractivity contribution in [3.05, 3.63) is 59.1 Å². The van der Waals surface area contributed by atoms with Gasteiger partial charge in [0.05, 0.1) is 22.3 Å². The Bertz CT molecular complexity index is 935. The van der Waals surface area contributed by atoms with Crippen LogP contribution in [-0.2, 0) is 39.3 Å². The van der Waals surface area contributed by atoms with E-state index in [0.29, 0.717) is 15.8 Å². The van der Waals surface area contributed by atoms with Crippen LogP contribution in [0.15, 0.2) is 40.5 Å². The third kappa shape index (κ3) is 4.41. The van der Waals surface area contributed by atoms with Crippen LogP contribution in [0.2, 0.25) is 0 Å². The summed E-state index contributed by atoms with van der Waals surface area (Å²) in [4.78, 5) is 12.8. The summed E-state index contributed by atoms with van der Waals surface area (Å²) in [5.74, 6) is 2.54. The molecule has 3 aromatic rings. The molecule has 0 saturated carbocycles. The first-order chi connectivity index (χ1) is 11.1. The van der Waals surface area contributed by atoms with Crippen molar-refractivity contribution in [2.24, 2.45) is 0 Å². The van der Waals surface area contributed by atoms with Gasteiger partial charge in [-0.1, -0.05) is 44.0 Å². The van der Waals surface area contributed by atoms with Crippen molar-refractivity contribution in [1.82, 2.24) is 4.57 Å². The van der Waals surface area contributed by atoms with Crippen molar-refractivity contribution < 1.29 is 37.8 Å². The van der Waals surface area contributed by atoms with Gasteiger partial charge in [0.1, 0.15) is 5.75 Å². The molecule has 0 amide bonds. The molecule has 3 rings (SSSR count). The number of aromatic nitrogens is 1. The van der Waals surface area contributed by atoms with Gasteiger partial charge in [-0.2, -0.15) is 0 Å².